The summed E-state index contributed by atoms with van der Waals surface area (Å²) in [5, 5.41) is 9.76. The molecule has 2 aliphatic carbocycles. The van der Waals surface area contributed by atoms with Crippen molar-refractivity contribution < 1.29 is 29.0 Å². The van der Waals surface area contributed by atoms with Crippen LogP contribution in [0.4, 0.5) is 10.5 Å². The van der Waals surface area contributed by atoms with Gasteiger partial charge in [0.25, 0.3) is 0 Å². The van der Waals surface area contributed by atoms with Crippen molar-refractivity contribution in [1.82, 2.24) is 9.80 Å². The highest BCUT2D eigenvalue weighted by Gasteiger charge is 2.44. The van der Waals surface area contributed by atoms with E-state index in [0.717, 1.165) is 60.8 Å². The number of para-hydroxylation sites is 1. The number of carbonyl (C=O) groups is 4. The largest absolute Gasteiger partial charge is 0.481 e. The molecule has 0 bridgehead atoms. The van der Waals surface area contributed by atoms with Gasteiger partial charge in [-0.3, -0.25) is 19.3 Å². The summed E-state index contributed by atoms with van der Waals surface area (Å²) in [6.45, 7) is 0.0967. The Morgan fingerprint density at radius 1 is 0.750 bits per heavy atom. The highest BCUT2D eigenvalue weighted by molar-refractivity contribution is 6.01. The molecule has 4 aliphatic rings. The highest BCUT2D eigenvalue weighted by atomic mass is 16.6. The molecule has 1 fully saturated rings. The molecule has 3 atom stereocenters. The average Bonchev–Trinajstić information content (AvgIpc) is 3.50. The van der Waals surface area contributed by atoms with E-state index in [4.69, 9.17) is 4.74 Å². The number of nitrogens with zero attached hydrogens (tertiary/aromatic N) is 3. The second kappa shape index (κ2) is 13.8. The molecule has 3 amide bonds. The van der Waals surface area contributed by atoms with Crippen molar-refractivity contribution in [3.05, 3.63) is 101 Å². The number of benzene rings is 3. The number of amides is 3. The van der Waals surface area contributed by atoms with Gasteiger partial charge in [0.1, 0.15) is 18.7 Å². The topological polar surface area (TPSA) is 107 Å². The number of carboxylic acids is 1. The molecule has 1 saturated carbocycles. The van der Waals surface area contributed by atoms with E-state index in [1.807, 2.05) is 60.7 Å². The van der Waals surface area contributed by atoms with Crippen LogP contribution in [0.15, 0.2) is 72.8 Å². The quantitative estimate of drug-likeness (QED) is 0.352. The van der Waals surface area contributed by atoms with E-state index in [9.17, 15) is 24.3 Å². The third kappa shape index (κ3) is 6.55. The maximum absolute atomic E-state index is 14.9. The Morgan fingerprint density at radius 3 is 2.12 bits per heavy atom. The van der Waals surface area contributed by atoms with Gasteiger partial charge in [0.05, 0.1) is 12.1 Å². The van der Waals surface area contributed by atoms with Crippen LogP contribution in [-0.2, 0) is 51.3 Å². The fourth-order valence-electron chi connectivity index (χ4n) is 8.21. The lowest BCUT2D eigenvalue weighted by atomic mass is 9.87. The summed E-state index contributed by atoms with van der Waals surface area (Å²) in [6, 6.07) is 22.0. The van der Waals surface area contributed by atoms with Crippen LogP contribution in [0, 0.1) is 0 Å². The number of fused-ring (bicyclic) bond motifs is 3. The van der Waals surface area contributed by atoms with Gasteiger partial charge >= 0.3 is 12.1 Å². The molecule has 0 radical (unpaired) electrons. The van der Waals surface area contributed by atoms with Gasteiger partial charge in [-0.1, -0.05) is 73.2 Å². The predicted octanol–water partition coefficient (Wildman–Crippen LogP) is 5.70. The fraction of sp³-hybridized carbons (Fsp3) is 0.436. The number of carboxylic acid groups (broad SMARTS) is 1. The summed E-state index contributed by atoms with van der Waals surface area (Å²) in [7, 11) is 0. The Morgan fingerprint density at radius 2 is 1.40 bits per heavy atom. The van der Waals surface area contributed by atoms with Crippen molar-refractivity contribution in [1.29, 1.82) is 0 Å². The Bertz CT molecular complexity index is 1700. The van der Waals surface area contributed by atoms with E-state index in [-0.39, 0.29) is 43.5 Å². The lowest BCUT2D eigenvalue weighted by Crippen LogP contribution is -2.57. The Labute approximate surface area is 281 Å². The molecule has 3 aromatic rings. The van der Waals surface area contributed by atoms with Crippen LogP contribution in [0.3, 0.4) is 0 Å². The molecule has 0 saturated heterocycles. The minimum absolute atomic E-state index is 0.171. The van der Waals surface area contributed by atoms with E-state index in [2.05, 4.69) is 12.1 Å². The smallest absolute Gasteiger partial charge is 0.415 e. The first kappa shape index (κ1) is 31.9. The second-order valence-electron chi connectivity index (χ2n) is 13.7. The van der Waals surface area contributed by atoms with E-state index in [1.54, 1.807) is 9.80 Å². The van der Waals surface area contributed by atoms with Gasteiger partial charge in [0, 0.05) is 25.0 Å². The molecule has 48 heavy (non-hydrogen) atoms. The van der Waals surface area contributed by atoms with Gasteiger partial charge in [0.2, 0.25) is 11.8 Å². The SMILES string of the molecule is O=C(O)C[C@H]1Cc2ccccc2CN1C(=O)CN(C(=O)[C@H]1Cc2ccccc2N1C(=O)OC1CCCCC1)C1CCc2ccccc2C1. The number of aliphatic carboxylic acids is 1. The van der Waals surface area contributed by atoms with Crippen LogP contribution in [0.25, 0.3) is 0 Å². The lowest BCUT2D eigenvalue weighted by Gasteiger charge is -2.41. The summed E-state index contributed by atoms with van der Waals surface area (Å²) >= 11 is 0. The van der Waals surface area contributed by atoms with Crippen molar-refractivity contribution >= 4 is 29.6 Å². The van der Waals surface area contributed by atoms with Gasteiger partial charge in [0.15, 0.2) is 0 Å². The number of aryl methyl sites for hydroxylation is 1. The van der Waals surface area contributed by atoms with Crippen molar-refractivity contribution in [3.63, 3.8) is 0 Å². The number of hydrogen-bond acceptors (Lipinski definition) is 5. The number of hydrogen-bond donors (Lipinski definition) is 1. The molecule has 250 valence electrons. The maximum Gasteiger partial charge on any atom is 0.415 e. The Balaban J connectivity index is 1.20. The molecule has 7 rings (SSSR count). The van der Waals surface area contributed by atoms with Gasteiger partial charge < -0.3 is 19.6 Å². The zero-order valence-corrected chi connectivity index (χ0v) is 27.3. The molecular weight excluding hydrogens is 606 g/mol. The molecule has 9 heteroatoms. The Kier molecular flexibility index (Phi) is 9.19. The van der Waals surface area contributed by atoms with Gasteiger partial charge in [-0.25, -0.2) is 4.79 Å². The number of rotatable bonds is 7. The molecule has 0 aromatic heterocycles. The summed E-state index contributed by atoms with van der Waals surface area (Å²) in [5.74, 6) is -1.53. The average molecular weight is 650 g/mol. The fourth-order valence-corrected chi connectivity index (χ4v) is 8.21. The molecule has 0 spiro atoms. The third-order valence-electron chi connectivity index (χ3n) is 10.7. The zero-order valence-electron chi connectivity index (χ0n) is 27.3. The molecule has 2 heterocycles. The van der Waals surface area contributed by atoms with Crippen LogP contribution in [0.5, 0.6) is 0 Å². The maximum atomic E-state index is 14.9. The van der Waals surface area contributed by atoms with Gasteiger partial charge in [-0.15, -0.1) is 0 Å². The minimum Gasteiger partial charge on any atom is -0.481 e. The summed E-state index contributed by atoms with van der Waals surface area (Å²) < 4.78 is 6.03. The normalized spacial score (nSPS) is 21.9. The minimum atomic E-state index is -0.968. The molecule has 9 nitrogen and oxygen atoms in total. The molecule has 2 aliphatic heterocycles. The first-order valence-electron chi connectivity index (χ1n) is 17.4. The molecular formula is C39H43N3O6. The van der Waals surface area contributed by atoms with Crippen LogP contribution >= 0.6 is 0 Å². The standard InChI is InChI=1S/C39H43N3O6/c43-36(40-24-30-14-7-6-12-28(30)21-32(40)23-37(44)45)25-41(31-19-18-26-10-4-5-11-27(26)20-31)38(46)35-22-29-13-8-9-17-34(29)42(35)39(47)48-33-15-2-1-3-16-33/h4-14,17,31-33,35H,1-3,15-16,18-25H2,(H,44,45)/t31?,32-,35-/m1/s1. The molecule has 3 aromatic carbocycles. The molecule has 1 unspecified atom stereocenters. The van der Waals surface area contributed by atoms with E-state index in [1.165, 1.54) is 10.5 Å². The summed E-state index contributed by atoms with van der Waals surface area (Å²) in [5.41, 5.74) is 5.99. The van der Waals surface area contributed by atoms with E-state index < -0.39 is 24.1 Å². The van der Waals surface area contributed by atoms with Crippen LogP contribution in [0.1, 0.15) is 72.8 Å². The van der Waals surface area contributed by atoms with Crippen LogP contribution in [0.2, 0.25) is 0 Å². The zero-order chi connectivity index (χ0) is 33.2. The summed E-state index contributed by atoms with van der Waals surface area (Å²) in [6.07, 6.45) is 6.77. The first-order valence-corrected chi connectivity index (χ1v) is 17.4. The molecule has 1 N–H and O–H groups in total. The van der Waals surface area contributed by atoms with Crippen molar-refractivity contribution in [2.45, 2.75) is 101 Å². The van der Waals surface area contributed by atoms with Crippen molar-refractivity contribution in [2.75, 3.05) is 11.4 Å². The monoisotopic (exact) mass is 649 g/mol. The van der Waals surface area contributed by atoms with E-state index >= 15 is 0 Å². The van der Waals surface area contributed by atoms with Gasteiger partial charge in [-0.05, 0) is 85.3 Å². The van der Waals surface area contributed by atoms with Crippen LogP contribution < -0.4 is 4.90 Å². The van der Waals surface area contributed by atoms with Gasteiger partial charge in [-0.2, -0.15) is 0 Å². The Hall–Kier alpha value is -4.66. The summed E-state index contributed by atoms with van der Waals surface area (Å²) in [4.78, 5) is 59.9. The van der Waals surface area contributed by atoms with E-state index in [0.29, 0.717) is 31.4 Å². The third-order valence-corrected chi connectivity index (χ3v) is 10.7. The number of anilines is 1. The first-order chi connectivity index (χ1) is 23.4. The lowest BCUT2D eigenvalue weighted by molar-refractivity contribution is -0.147. The highest BCUT2D eigenvalue weighted by Crippen LogP contribution is 2.36. The van der Waals surface area contributed by atoms with Crippen molar-refractivity contribution in [3.8, 4) is 0 Å². The van der Waals surface area contributed by atoms with Crippen molar-refractivity contribution in [2.24, 2.45) is 0 Å². The predicted molar refractivity (Wildman–Crippen MR) is 180 cm³/mol. The number of ether oxygens (including phenoxy) is 1. The number of carbonyl (C=O) groups excluding carboxylic acids is 3. The second-order valence-corrected chi connectivity index (χ2v) is 13.7. The van der Waals surface area contributed by atoms with Crippen LogP contribution in [-0.4, -0.2) is 69.6 Å².